The second-order valence-corrected chi connectivity index (χ2v) is 8.56. The lowest BCUT2D eigenvalue weighted by molar-refractivity contribution is -0.122. The third kappa shape index (κ3) is 5.22. The van der Waals surface area contributed by atoms with Crippen LogP contribution >= 0.6 is 12.2 Å². The summed E-state index contributed by atoms with van der Waals surface area (Å²) in [4.78, 5) is 39.9. The number of rotatable bonds is 6. The first-order valence-electron chi connectivity index (χ1n) is 11.4. The maximum Gasteiger partial charge on any atom is 0.270 e. The zero-order valence-electron chi connectivity index (χ0n) is 19.5. The van der Waals surface area contributed by atoms with E-state index < -0.39 is 17.6 Å². The number of ether oxygens (including phenoxy) is 1. The molecule has 1 heterocycles. The van der Waals surface area contributed by atoms with Gasteiger partial charge in [-0.15, -0.1) is 0 Å². The molecule has 2 amide bonds. The van der Waals surface area contributed by atoms with E-state index in [9.17, 15) is 14.4 Å². The average molecular weight is 505 g/mol. The summed E-state index contributed by atoms with van der Waals surface area (Å²) in [5, 5.41) is 2.43. The topological polar surface area (TPSA) is 75.7 Å². The number of hydrogen-bond donors (Lipinski definition) is 1. The predicted molar refractivity (Wildman–Crippen MR) is 145 cm³/mol. The summed E-state index contributed by atoms with van der Waals surface area (Å²) in [5.74, 6) is -0.617. The fourth-order valence-electron chi connectivity index (χ4n) is 3.85. The maximum atomic E-state index is 13.3. The standard InChI is InChI=1S/C30H20N2O4S/c33-27(22-13-11-21(12-14-22)20-7-3-1-4-8-20)19-26-28(34)31-30(37)32(29(26)35)23-15-17-25(18-16-23)36-24-9-5-2-6-10-24/h1-19H,(H,31,34,37)/b26-19+. The van der Waals surface area contributed by atoms with Crippen LogP contribution in [-0.2, 0) is 9.59 Å². The van der Waals surface area contributed by atoms with Gasteiger partial charge in [0.15, 0.2) is 10.9 Å². The minimum absolute atomic E-state index is 0.0662. The van der Waals surface area contributed by atoms with Crippen LogP contribution in [-0.4, -0.2) is 22.7 Å². The molecule has 0 spiro atoms. The van der Waals surface area contributed by atoms with Crippen molar-refractivity contribution >= 4 is 40.6 Å². The molecule has 6 nitrogen and oxygen atoms in total. The summed E-state index contributed by atoms with van der Waals surface area (Å²) in [5.41, 5.74) is 2.46. The maximum absolute atomic E-state index is 13.3. The van der Waals surface area contributed by atoms with E-state index in [0.717, 1.165) is 17.2 Å². The molecule has 7 heteroatoms. The summed E-state index contributed by atoms with van der Waals surface area (Å²) in [6.07, 6.45) is 1.05. The quantitative estimate of drug-likeness (QED) is 0.158. The van der Waals surface area contributed by atoms with Gasteiger partial charge in [0.25, 0.3) is 11.8 Å². The molecule has 4 aromatic carbocycles. The van der Waals surface area contributed by atoms with Crippen LogP contribution in [0, 0.1) is 0 Å². The zero-order valence-corrected chi connectivity index (χ0v) is 20.3. The van der Waals surface area contributed by atoms with Crippen LogP contribution < -0.4 is 15.0 Å². The number of thiocarbonyl (C=S) groups is 1. The summed E-state index contributed by atoms with van der Waals surface area (Å²) in [6, 6.07) is 32.7. The molecule has 0 radical (unpaired) electrons. The Morgan fingerprint density at radius 1 is 0.730 bits per heavy atom. The number of benzene rings is 4. The Balaban J connectivity index is 1.35. The van der Waals surface area contributed by atoms with Gasteiger partial charge in [-0.25, -0.2) is 0 Å². The van der Waals surface area contributed by atoms with Crippen molar-refractivity contribution in [2.45, 2.75) is 0 Å². The van der Waals surface area contributed by atoms with Crippen molar-refractivity contribution in [2.24, 2.45) is 0 Å². The van der Waals surface area contributed by atoms with Crippen LogP contribution in [0.5, 0.6) is 11.5 Å². The van der Waals surface area contributed by atoms with Gasteiger partial charge >= 0.3 is 0 Å². The predicted octanol–water partition coefficient (Wildman–Crippen LogP) is 5.70. The first-order chi connectivity index (χ1) is 18.0. The second-order valence-electron chi connectivity index (χ2n) is 8.17. The molecule has 0 saturated carbocycles. The number of carbonyl (C=O) groups excluding carboxylic acids is 3. The normalized spacial score (nSPS) is 14.4. The minimum atomic E-state index is -0.718. The van der Waals surface area contributed by atoms with E-state index in [-0.39, 0.29) is 10.7 Å². The molecule has 0 aromatic heterocycles. The molecule has 0 bridgehead atoms. The summed E-state index contributed by atoms with van der Waals surface area (Å²) < 4.78 is 5.79. The Hall–Kier alpha value is -4.88. The minimum Gasteiger partial charge on any atom is -0.457 e. The van der Waals surface area contributed by atoms with E-state index in [4.69, 9.17) is 17.0 Å². The van der Waals surface area contributed by atoms with Gasteiger partial charge in [-0.1, -0.05) is 72.8 Å². The largest absolute Gasteiger partial charge is 0.457 e. The van der Waals surface area contributed by atoms with Gasteiger partial charge in [0.2, 0.25) is 0 Å². The molecule has 180 valence electrons. The highest BCUT2D eigenvalue weighted by molar-refractivity contribution is 7.80. The zero-order chi connectivity index (χ0) is 25.8. The highest BCUT2D eigenvalue weighted by Crippen LogP contribution is 2.27. The monoisotopic (exact) mass is 504 g/mol. The van der Waals surface area contributed by atoms with Gasteiger partial charge in [-0.3, -0.25) is 24.6 Å². The summed E-state index contributed by atoms with van der Waals surface area (Å²) in [7, 11) is 0. The number of nitrogens with one attached hydrogen (secondary N) is 1. The Morgan fingerprint density at radius 2 is 1.30 bits per heavy atom. The lowest BCUT2D eigenvalue weighted by atomic mass is 10.0. The van der Waals surface area contributed by atoms with Gasteiger partial charge in [0.05, 0.1) is 5.69 Å². The number of anilines is 1. The van der Waals surface area contributed by atoms with E-state index in [2.05, 4.69) is 5.32 Å². The second kappa shape index (κ2) is 10.4. The van der Waals surface area contributed by atoms with Gasteiger partial charge in [-0.05, 0) is 59.7 Å². The lowest BCUT2D eigenvalue weighted by Crippen LogP contribution is -2.54. The molecule has 1 N–H and O–H groups in total. The first kappa shape index (κ1) is 23.8. The van der Waals surface area contributed by atoms with Crippen molar-refractivity contribution in [1.82, 2.24) is 5.32 Å². The third-order valence-electron chi connectivity index (χ3n) is 5.73. The van der Waals surface area contributed by atoms with E-state index in [1.54, 1.807) is 36.4 Å². The van der Waals surface area contributed by atoms with Crippen molar-refractivity contribution in [2.75, 3.05) is 4.90 Å². The highest BCUT2D eigenvalue weighted by Gasteiger charge is 2.35. The number of para-hydroxylation sites is 1. The van der Waals surface area contributed by atoms with E-state index >= 15 is 0 Å². The molecule has 5 rings (SSSR count). The molecule has 4 aromatic rings. The Bertz CT molecular complexity index is 1510. The molecule has 1 fully saturated rings. The van der Waals surface area contributed by atoms with Gasteiger partial charge in [0, 0.05) is 11.6 Å². The number of ketones is 1. The van der Waals surface area contributed by atoms with Crippen LogP contribution in [0.4, 0.5) is 5.69 Å². The third-order valence-corrected chi connectivity index (χ3v) is 6.01. The summed E-state index contributed by atoms with van der Waals surface area (Å²) >= 11 is 5.25. The van der Waals surface area contributed by atoms with Crippen LogP contribution in [0.15, 0.2) is 121 Å². The van der Waals surface area contributed by atoms with Gasteiger partial charge in [0.1, 0.15) is 17.1 Å². The van der Waals surface area contributed by atoms with Crippen LogP contribution in [0.25, 0.3) is 11.1 Å². The molecule has 1 saturated heterocycles. The Kier molecular flexibility index (Phi) is 6.70. The van der Waals surface area contributed by atoms with Crippen LogP contribution in [0.2, 0.25) is 0 Å². The average Bonchev–Trinajstić information content (AvgIpc) is 2.93. The molecular formula is C30H20N2O4S. The number of amides is 2. The van der Waals surface area contributed by atoms with E-state index in [1.807, 2.05) is 72.8 Å². The van der Waals surface area contributed by atoms with Crippen LogP contribution in [0.3, 0.4) is 0 Å². The smallest absolute Gasteiger partial charge is 0.270 e. The SMILES string of the molecule is O=C1NC(=S)N(c2ccc(Oc3ccccc3)cc2)C(=O)/C1=C/C(=O)c1ccc(-c2ccccc2)cc1. The Labute approximate surface area is 218 Å². The molecular weight excluding hydrogens is 484 g/mol. The summed E-state index contributed by atoms with van der Waals surface area (Å²) in [6.45, 7) is 0. The molecule has 37 heavy (non-hydrogen) atoms. The van der Waals surface area contributed by atoms with Crippen molar-refractivity contribution in [3.63, 3.8) is 0 Å². The van der Waals surface area contributed by atoms with Crippen molar-refractivity contribution in [1.29, 1.82) is 0 Å². The molecule has 0 atom stereocenters. The molecule has 1 aliphatic rings. The van der Waals surface area contributed by atoms with Crippen molar-refractivity contribution < 1.29 is 19.1 Å². The highest BCUT2D eigenvalue weighted by atomic mass is 32.1. The molecule has 0 aliphatic carbocycles. The van der Waals surface area contributed by atoms with Crippen molar-refractivity contribution in [3.8, 4) is 22.6 Å². The van der Waals surface area contributed by atoms with Crippen LogP contribution in [0.1, 0.15) is 10.4 Å². The fourth-order valence-corrected chi connectivity index (χ4v) is 4.13. The molecule has 1 aliphatic heterocycles. The van der Waals surface area contributed by atoms with Crippen molar-refractivity contribution in [3.05, 3.63) is 126 Å². The number of hydrogen-bond acceptors (Lipinski definition) is 5. The van der Waals surface area contributed by atoms with Gasteiger partial charge in [-0.2, -0.15) is 0 Å². The van der Waals surface area contributed by atoms with E-state index in [0.29, 0.717) is 22.7 Å². The molecule has 0 unspecified atom stereocenters. The number of nitrogens with zero attached hydrogens (tertiary/aromatic N) is 1. The first-order valence-corrected chi connectivity index (χ1v) is 11.8. The number of carbonyl (C=O) groups is 3. The number of allylic oxidation sites excluding steroid dienone is 1. The lowest BCUT2D eigenvalue weighted by Gasteiger charge is -2.28. The van der Waals surface area contributed by atoms with Gasteiger partial charge < -0.3 is 4.74 Å². The fraction of sp³-hybridized carbons (Fsp3) is 0. The van der Waals surface area contributed by atoms with E-state index in [1.165, 1.54) is 4.90 Å². The Morgan fingerprint density at radius 3 is 1.95 bits per heavy atom.